The van der Waals surface area contributed by atoms with Gasteiger partial charge in [0.25, 0.3) is 0 Å². The van der Waals surface area contributed by atoms with Gasteiger partial charge in [-0.15, -0.1) is 17.2 Å². The number of hydroxylamine groups is 2. The lowest BCUT2D eigenvalue weighted by Gasteiger charge is -2.23. The summed E-state index contributed by atoms with van der Waals surface area (Å²) in [4.78, 5) is 5.99. The molecule has 0 fully saturated rings. The Kier molecular flexibility index (Phi) is 23.7. The molecule has 0 aliphatic rings. The van der Waals surface area contributed by atoms with Crippen LogP contribution in [-0.4, -0.2) is 102 Å². The van der Waals surface area contributed by atoms with E-state index in [0.717, 1.165) is 67.9 Å². The topological polar surface area (TPSA) is 58.6 Å². The smallest absolute Gasteiger partial charge is 0.161 e. The number of hydrogen-bond acceptors (Lipinski definition) is 7. The van der Waals surface area contributed by atoms with E-state index in [9.17, 15) is 0 Å². The zero-order chi connectivity index (χ0) is 21.6. The number of methoxy groups -OCH3 is 1. The van der Waals surface area contributed by atoms with Gasteiger partial charge in [0.2, 0.25) is 0 Å². The highest BCUT2D eigenvalue weighted by molar-refractivity contribution is 7.38. The maximum atomic E-state index is 5.99. The summed E-state index contributed by atoms with van der Waals surface area (Å²) in [6.07, 6.45) is 4.83. The van der Waals surface area contributed by atoms with Crippen LogP contribution in [0.1, 0.15) is 34.1 Å². The predicted molar refractivity (Wildman–Crippen MR) is 124 cm³/mol. The highest BCUT2D eigenvalue weighted by Crippen LogP contribution is 2.17. The number of rotatable bonds is 23. The van der Waals surface area contributed by atoms with Crippen molar-refractivity contribution < 1.29 is 28.5 Å². The molecule has 0 N–H and O–H groups in total. The van der Waals surface area contributed by atoms with E-state index >= 15 is 0 Å². The van der Waals surface area contributed by atoms with Crippen LogP contribution < -0.4 is 0 Å². The van der Waals surface area contributed by atoms with Crippen molar-refractivity contribution in [3.63, 3.8) is 0 Å². The third-order valence-electron chi connectivity index (χ3n) is 3.87. The minimum absolute atomic E-state index is 0.0741. The maximum absolute atomic E-state index is 5.99. The van der Waals surface area contributed by atoms with Gasteiger partial charge in [-0.2, -0.15) is 5.06 Å². The summed E-state index contributed by atoms with van der Waals surface area (Å²) in [5.41, 5.74) is 0. The molecule has 2 atom stereocenters. The summed E-state index contributed by atoms with van der Waals surface area (Å²) in [6.45, 7) is 14.1. The lowest BCUT2D eigenvalue weighted by Crippen LogP contribution is -2.30. The predicted octanol–water partition coefficient (Wildman–Crippen LogP) is 3.41. The molecule has 0 amide bonds. The van der Waals surface area contributed by atoms with Crippen LogP contribution in [0.4, 0.5) is 0 Å². The summed E-state index contributed by atoms with van der Waals surface area (Å²) in [7, 11) is 3.32. The minimum Gasteiger partial charge on any atom is -0.385 e. The quantitative estimate of drug-likeness (QED) is 0.101. The largest absolute Gasteiger partial charge is 0.385 e. The van der Waals surface area contributed by atoms with Gasteiger partial charge in [-0.1, -0.05) is 0 Å². The van der Waals surface area contributed by atoms with E-state index in [1.54, 1.807) is 7.11 Å². The Hall–Kier alpha value is 0.580. The Balaban J connectivity index is 4.18. The van der Waals surface area contributed by atoms with Crippen molar-refractivity contribution >= 4 is 17.2 Å². The second-order valence-corrected chi connectivity index (χ2v) is 9.01. The minimum atomic E-state index is -0.0741. The first-order valence-electron chi connectivity index (χ1n) is 11.0. The summed E-state index contributed by atoms with van der Waals surface area (Å²) in [6, 6.07) is 0. The van der Waals surface area contributed by atoms with E-state index in [1.165, 1.54) is 0 Å². The molecule has 176 valence electrons. The second kappa shape index (κ2) is 23.2. The van der Waals surface area contributed by atoms with E-state index in [4.69, 9.17) is 28.5 Å². The lowest BCUT2D eigenvalue weighted by molar-refractivity contribution is -0.154. The number of hydrogen-bond donors (Lipinski definition) is 0. The van der Waals surface area contributed by atoms with Crippen molar-refractivity contribution in [3.05, 3.63) is 0 Å². The van der Waals surface area contributed by atoms with E-state index in [2.05, 4.69) is 5.06 Å². The maximum Gasteiger partial charge on any atom is 0.161 e. The third kappa shape index (κ3) is 19.0. The summed E-state index contributed by atoms with van der Waals surface area (Å²) in [5.74, 6) is 0. The Bertz CT molecular complexity index is 295. The van der Waals surface area contributed by atoms with Gasteiger partial charge in [0.05, 0.1) is 6.61 Å². The van der Waals surface area contributed by atoms with Gasteiger partial charge in [0, 0.05) is 65.6 Å². The van der Waals surface area contributed by atoms with Crippen molar-refractivity contribution in [1.29, 1.82) is 0 Å². The molecule has 2 unspecified atom stereocenters. The van der Waals surface area contributed by atoms with E-state index in [1.807, 2.05) is 27.7 Å². The van der Waals surface area contributed by atoms with Gasteiger partial charge in [0.1, 0.15) is 0 Å². The first kappa shape index (κ1) is 29.6. The van der Waals surface area contributed by atoms with Crippen molar-refractivity contribution in [1.82, 2.24) is 5.06 Å². The Morgan fingerprint density at radius 1 is 0.690 bits per heavy atom. The van der Waals surface area contributed by atoms with E-state index in [-0.39, 0.29) is 12.6 Å². The Morgan fingerprint density at radius 3 is 1.52 bits per heavy atom. The normalized spacial score (nSPS) is 12.8. The molecular formula is C20H45NO6P2. The zero-order valence-electron chi connectivity index (χ0n) is 19.2. The summed E-state index contributed by atoms with van der Waals surface area (Å²) in [5, 5.41) is 2.11. The molecule has 0 aliphatic heterocycles. The van der Waals surface area contributed by atoms with Crippen LogP contribution in [0.2, 0.25) is 0 Å². The molecule has 29 heavy (non-hydrogen) atoms. The van der Waals surface area contributed by atoms with Crippen molar-refractivity contribution in [2.45, 2.75) is 46.7 Å². The molecule has 0 radical (unpaired) electrons. The molecule has 0 saturated heterocycles. The van der Waals surface area contributed by atoms with Gasteiger partial charge in [0.15, 0.2) is 12.6 Å². The fraction of sp³-hybridized carbons (Fsp3) is 1.00. The third-order valence-corrected chi connectivity index (χ3v) is 6.27. The highest BCUT2D eigenvalue weighted by atomic mass is 31.1. The summed E-state index contributed by atoms with van der Waals surface area (Å²) < 4.78 is 27.6. The highest BCUT2D eigenvalue weighted by Gasteiger charge is 2.11. The van der Waals surface area contributed by atoms with Crippen LogP contribution in [0.3, 0.4) is 0 Å². The van der Waals surface area contributed by atoms with Gasteiger partial charge < -0.3 is 23.7 Å². The average Bonchev–Trinajstić information content (AvgIpc) is 2.71. The molecule has 7 nitrogen and oxygen atoms in total. The van der Waals surface area contributed by atoms with Gasteiger partial charge in [-0.3, -0.25) is 4.84 Å². The van der Waals surface area contributed by atoms with E-state index in [0.29, 0.717) is 33.0 Å². The van der Waals surface area contributed by atoms with E-state index < -0.39 is 0 Å². The number of nitrogens with zero attached hydrogens (tertiary/aromatic N) is 1. The first-order chi connectivity index (χ1) is 14.2. The van der Waals surface area contributed by atoms with Gasteiger partial charge in [-0.05, 0) is 46.4 Å². The standard InChI is InChI=1S/C20H45NO6P2/c1-6-23-19(24-7-2)17-28-15-11-21(27-14-10-13-22-5)12-16-29-18-20(25-8-3)26-9-4/h19-20,28-29H,6-18H2,1-5H3. The molecule has 0 saturated carbocycles. The molecule has 0 aromatic heterocycles. The Morgan fingerprint density at radius 2 is 1.14 bits per heavy atom. The van der Waals surface area contributed by atoms with Crippen LogP contribution in [0.25, 0.3) is 0 Å². The molecule has 9 heteroatoms. The monoisotopic (exact) mass is 457 g/mol. The van der Waals surface area contributed by atoms with Crippen LogP contribution in [0.5, 0.6) is 0 Å². The average molecular weight is 458 g/mol. The molecule has 0 heterocycles. The fourth-order valence-corrected chi connectivity index (χ4v) is 4.73. The second-order valence-electron chi connectivity index (χ2n) is 6.20. The van der Waals surface area contributed by atoms with Crippen LogP contribution >= 0.6 is 17.2 Å². The summed E-state index contributed by atoms with van der Waals surface area (Å²) >= 11 is 0. The van der Waals surface area contributed by atoms with Crippen molar-refractivity contribution in [2.75, 3.05) is 84.5 Å². The van der Waals surface area contributed by atoms with Gasteiger partial charge in [-0.25, -0.2) is 0 Å². The fourth-order valence-electron chi connectivity index (χ4n) is 2.56. The Labute approximate surface area is 182 Å². The SMILES string of the molecule is CCOC(CPCCN(CCPCC(OCC)OCC)OCCCOC)OCC. The molecule has 0 aliphatic carbocycles. The lowest BCUT2D eigenvalue weighted by atomic mass is 10.5. The molecule has 0 rings (SSSR count). The van der Waals surface area contributed by atoms with Crippen LogP contribution in [0, 0.1) is 0 Å². The number of ether oxygens (including phenoxy) is 5. The zero-order valence-corrected chi connectivity index (χ0v) is 21.2. The van der Waals surface area contributed by atoms with Crippen LogP contribution in [-0.2, 0) is 28.5 Å². The molecule has 0 aromatic rings. The molecule has 0 bridgehead atoms. The van der Waals surface area contributed by atoms with Crippen molar-refractivity contribution in [3.8, 4) is 0 Å². The first-order valence-corrected chi connectivity index (χ1v) is 13.8. The molecule has 0 spiro atoms. The molecular weight excluding hydrogens is 412 g/mol. The molecule has 0 aromatic carbocycles. The van der Waals surface area contributed by atoms with Crippen LogP contribution in [0.15, 0.2) is 0 Å². The van der Waals surface area contributed by atoms with Gasteiger partial charge >= 0.3 is 0 Å². The van der Waals surface area contributed by atoms with Crippen molar-refractivity contribution in [2.24, 2.45) is 0 Å².